The van der Waals surface area contributed by atoms with Crippen molar-refractivity contribution in [3.8, 4) is 0 Å². The van der Waals surface area contributed by atoms with E-state index in [2.05, 4.69) is 16.0 Å². The average Bonchev–Trinajstić information content (AvgIpc) is 3.33. The third-order valence-corrected chi connectivity index (χ3v) is 7.31. The number of halogens is 3. The second-order valence-electron chi connectivity index (χ2n) is 12.0. The quantitative estimate of drug-likeness (QED) is 0.185. The molecule has 9 N–H and O–H groups in total. The van der Waals surface area contributed by atoms with E-state index in [-0.39, 0.29) is 43.8 Å². The van der Waals surface area contributed by atoms with Crippen molar-refractivity contribution in [2.45, 2.75) is 89.4 Å². The topological polar surface area (TPSA) is 217 Å². The van der Waals surface area contributed by atoms with Crippen LogP contribution in [0.1, 0.15) is 51.2 Å². The number of hydrogen-bond donors (Lipinski definition) is 7. The molecule has 16 heteroatoms. The summed E-state index contributed by atoms with van der Waals surface area (Å²) in [4.78, 5) is 60.8. The molecule has 1 saturated heterocycles. The highest BCUT2D eigenvalue weighted by Crippen LogP contribution is 2.28. The highest BCUT2D eigenvalue weighted by Gasteiger charge is 2.42. The summed E-state index contributed by atoms with van der Waals surface area (Å²) in [5.41, 5.74) is 12.6. The molecule has 3 rings (SSSR count). The summed E-state index contributed by atoms with van der Waals surface area (Å²) in [6, 6.07) is 5.06. The number of carbonyl (C=O) groups is 5. The first-order chi connectivity index (χ1) is 20.3. The Morgan fingerprint density at radius 3 is 2.16 bits per heavy atom. The first-order valence-electron chi connectivity index (χ1n) is 14.0. The minimum Gasteiger partial charge on any atom is -0.480 e. The fourth-order valence-electron chi connectivity index (χ4n) is 5.00. The molecule has 13 nitrogen and oxygen atoms in total. The third kappa shape index (κ3) is 10.7. The van der Waals surface area contributed by atoms with Crippen LogP contribution >= 0.6 is 0 Å². The lowest BCUT2D eigenvalue weighted by Gasteiger charge is -2.41. The molecule has 5 atom stereocenters. The molecule has 2 aliphatic heterocycles. The Morgan fingerprint density at radius 1 is 1.09 bits per heavy atom. The molecule has 44 heavy (non-hydrogen) atoms. The van der Waals surface area contributed by atoms with Crippen LogP contribution in [0.15, 0.2) is 24.3 Å². The highest BCUT2D eigenvalue weighted by atomic mass is 19.4. The number of alkyl halides is 3. The van der Waals surface area contributed by atoms with E-state index in [9.17, 15) is 37.5 Å². The van der Waals surface area contributed by atoms with E-state index < -0.39 is 53.5 Å². The van der Waals surface area contributed by atoms with Crippen LogP contribution < -0.4 is 27.4 Å². The number of hydrogen-bond acceptors (Lipinski definition) is 8. The Labute approximate surface area is 252 Å². The summed E-state index contributed by atoms with van der Waals surface area (Å²) in [7, 11) is 0. The van der Waals surface area contributed by atoms with Gasteiger partial charge in [0.05, 0.1) is 6.04 Å². The number of nitrogens with two attached hydrogens (primary N) is 2. The normalized spacial score (nSPS) is 21.2. The van der Waals surface area contributed by atoms with Crippen molar-refractivity contribution in [2.75, 3.05) is 13.1 Å². The van der Waals surface area contributed by atoms with Gasteiger partial charge in [-0.2, -0.15) is 13.2 Å². The first-order valence-corrected chi connectivity index (χ1v) is 14.0. The summed E-state index contributed by atoms with van der Waals surface area (Å²) >= 11 is 0. The van der Waals surface area contributed by atoms with E-state index in [1.54, 1.807) is 4.90 Å². The Hall–Kier alpha value is -3.76. The molecule has 3 amide bonds. The van der Waals surface area contributed by atoms with Gasteiger partial charge in [0.2, 0.25) is 17.7 Å². The van der Waals surface area contributed by atoms with Crippen LogP contribution in [0.3, 0.4) is 0 Å². The van der Waals surface area contributed by atoms with Crippen LogP contribution in [0.5, 0.6) is 0 Å². The molecule has 2 aliphatic rings. The molecule has 0 bridgehead atoms. The lowest BCUT2D eigenvalue weighted by atomic mass is 9.84. The highest BCUT2D eigenvalue weighted by molar-refractivity contribution is 5.93. The molecule has 2 heterocycles. The Kier molecular flexibility index (Phi) is 12.7. The molecule has 1 fully saturated rings. The van der Waals surface area contributed by atoms with Crippen LogP contribution in [0, 0.1) is 5.41 Å². The summed E-state index contributed by atoms with van der Waals surface area (Å²) in [6.45, 7) is 7.41. The van der Waals surface area contributed by atoms with Crippen LogP contribution in [0.25, 0.3) is 0 Å². The molecule has 0 radical (unpaired) electrons. The average molecular weight is 631 g/mol. The second-order valence-corrected chi connectivity index (χ2v) is 12.0. The summed E-state index contributed by atoms with van der Waals surface area (Å²) in [6.07, 6.45) is -4.33. The molecular weight excluding hydrogens is 589 g/mol. The van der Waals surface area contributed by atoms with E-state index in [1.165, 1.54) is 0 Å². The minimum absolute atomic E-state index is 0.0824. The van der Waals surface area contributed by atoms with Gasteiger partial charge in [-0.1, -0.05) is 45.0 Å². The first kappa shape index (κ1) is 36.4. The lowest BCUT2D eigenvalue weighted by molar-refractivity contribution is -0.192. The van der Waals surface area contributed by atoms with E-state index in [0.717, 1.165) is 24.1 Å². The third-order valence-electron chi connectivity index (χ3n) is 7.31. The number of carboxylic acids is 2. The van der Waals surface area contributed by atoms with Crippen molar-refractivity contribution in [1.82, 2.24) is 20.9 Å². The summed E-state index contributed by atoms with van der Waals surface area (Å²) in [5, 5.41) is 26.0. The fourth-order valence-corrected chi connectivity index (χ4v) is 5.00. The largest absolute Gasteiger partial charge is 0.490 e. The zero-order valence-electron chi connectivity index (χ0n) is 24.8. The van der Waals surface area contributed by atoms with Crippen LogP contribution in [0.2, 0.25) is 0 Å². The van der Waals surface area contributed by atoms with Gasteiger partial charge in [0.15, 0.2) is 0 Å². The zero-order chi connectivity index (χ0) is 33.4. The molecular formula is C28H41F3N6O7. The number of benzene rings is 1. The number of nitrogens with one attached hydrogen (secondary N) is 3. The molecule has 246 valence electrons. The number of aliphatic carboxylic acids is 2. The number of nitrogens with zero attached hydrogens (tertiary/aromatic N) is 1. The van der Waals surface area contributed by atoms with Gasteiger partial charge in [-0.3, -0.25) is 14.4 Å². The standard InChI is InChI=1S/C26H40N6O5.C2HF3O2/c1-26(2,3)22(30-13-18-11-17(27)12-29-18)24(35)32-14-16-7-5-4-6-15(16)10-20(32)23(34)31-19(25(36)37)8-9-21(28)33;3-2(4,5)1(6)7/h4-7,17-20,22,29-30H,8-14,27H2,1-3H3,(H2,28,33)(H,31,34)(H,36,37);(H,6,7)/t17-,18+,19+,20+,22-;/m1./s1. The maximum atomic E-state index is 14.0. The van der Waals surface area contributed by atoms with Crippen molar-refractivity contribution in [2.24, 2.45) is 16.9 Å². The number of primary amides is 1. The van der Waals surface area contributed by atoms with Crippen molar-refractivity contribution in [3.63, 3.8) is 0 Å². The van der Waals surface area contributed by atoms with Gasteiger partial charge in [0.25, 0.3) is 0 Å². The predicted molar refractivity (Wildman–Crippen MR) is 152 cm³/mol. The zero-order valence-corrected chi connectivity index (χ0v) is 24.8. The van der Waals surface area contributed by atoms with Crippen molar-refractivity contribution >= 4 is 29.7 Å². The van der Waals surface area contributed by atoms with Crippen molar-refractivity contribution in [3.05, 3.63) is 35.4 Å². The Morgan fingerprint density at radius 2 is 1.68 bits per heavy atom. The van der Waals surface area contributed by atoms with E-state index in [1.807, 2.05) is 45.0 Å². The number of carbonyl (C=O) groups excluding carboxylic acids is 3. The molecule has 1 aromatic rings. The number of fused-ring (bicyclic) bond motifs is 1. The Bertz CT molecular complexity index is 1210. The number of rotatable bonds is 10. The van der Waals surface area contributed by atoms with Gasteiger partial charge in [0.1, 0.15) is 12.1 Å². The Balaban J connectivity index is 0.000000860. The fraction of sp³-hybridized carbons (Fsp3) is 0.607. The summed E-state index contributed by atoms with van der Waals surface area (Å²) in [5.74, 6) is -5.47. The molecule has 0 aliphatic carbocycles. The number of carboxylic acid groups (broad SMARTS) is 2. The molecule has 0 unspecified atom stereocenters. The van der Waals surface area contributed by atoms with Gasteiger partial charge < -0.3 is 42.5 Å². The van der Waals surface area contributed by atoms with Gasteiger partial charge in [-0.15, -0.1) is 0 Å². The second kappa shape index (κ2) is 15.3. The van der Waals surface area contributed by atoms with Crippen molar-refractivity contribution < 1.29 is 47.4 Å². The molecule has 0 spiro atoms. The smallest absolute Gasteiger partial charge is 0.480 e. The SMILES string of the molecule is CC(C)(C)[C@H](NC[C@@H]1C[C@@H](N)CN1)C(=O)N1Cc2ccccc2C[C@H]1C(=O)N[C@@H](CCC(N)=O)C(=O)O.O=C(O)C(F)(F)F. The maximum Gasteiger partial charge on any atom is 0.490 e. The summed E-state index contributed by atoms with van der Waals surface area (Å²) < 4.78 is 31.7. The van der Waals surface area contributed by atoms with Crippen LogP contribution in [0.4, 0.5) is 13.2 Å². The van der Waals surface area contributed by atoms with E-state index in [0.29, 0.717) is 6.54 Å². The van der Waals surface area contributed by atoms with Gasteiger partial charge in [0, 0.05) is 44.6 Å². The lowest BCUT2D eigenvalue weighted by Crippen LogP contribution is -2.61. The van der Waals surface area contributed by atoms with Gasteiger partial charge in [-0.25, -0.2) is 9.59 Å². The maximum absolute atomic E-state index is 14.0. The van der Waals surface area contributed by atoms with Crippen LogP contribution in [-0.2, 0) is 36.9 Å². The number of amides is 3. The minimum atomic E-state index is -5.08. The van der Waals surface area contributed by atoms with Crippen molar-refractivity contribution in [1.29, 1.82) is 0 Å². The van der Waals surface area contributed by atoms with Crippen LogP contribution in [-0.4, -0.2) is 94.2 Å². The molecule has 1 aromatic carbocycles. The van der Waals surface area contributed by atoms with Gasteiger partial charge in [-0.05, 0) is 29.4 Å². The molecule has 0 aromatic heterocycles. The van der Waals surface area contributed by atoms with E-state index >= 15 is 0 Å². The monoisotopic (exact) mass is 630 g/mol. The molecule has 0 saturated carbocycles. The van der Waals surface area contributed by atoms with Gasteiger partial charge >= 0.3 is 18.1 Å². The van der Waals surface area contributed by atoms with E-state index in [4.69, 9.17) is 21.4 Å². The predicted octanol–water partition coefficient (Wildman–Crippen LogP) is 0.102.